The van der Waals surface area contributed by atoms with Crippen molar-refractivity contribution >= 4 is 34.6 Å². The van der Waals surface area contributed by atoms with Crippen LogP contribution < -0.4 is 26.0 Å². The van der Waals surface area contributed by atoms with Gasteiger partial charge in [0.2, 0.25) is 0 Å². The summed E-state index contributed by atoms with van der Waals surface area (Å²) < 4.78 is 5.07. The second-order valence-corrected chi connectivity index (χ2v) is 5.87. The van der Waals surface area contributed by atoms with Crippen molar-refractivity contribution in [3.63, 3.8) is 0 Å². The molecule has 2 rings (SSSR count). The predicted octanol–water partition coefficient (Wildman–Crippen LogP) is 0.970. The van der Waals surface area contributed by atoms with Crippen molar-refractivity contribution in [3.8, 4) is 5.75 Å². The maximum Gasteiger partial charge on any atom is 0.257 e. The highest BCUT2D eigenvalue weighted by Gasteiger charge is 2.05. The summed E-state index contributed by atoms with van der Waals surface area (Å²) in [5, 5.41) is 15.5. The summed E-state index contributed by atoms with van der Waals surface area (Å²) >= 11 is 1.43. The van der Waals surface area contributed by atoms with Gasteiger partial charge in [-0.2, -0.15) is 0 Å². The summed E-state index contributed by atoms with van der Waals surface area (Å²) in [5.41, 5.74) is 6.58. The number of amides is 1. The summed E-state index contributed by atoms with van der Waals surface area (Å²) in [7, 11) is 1.58. The SMILES string of the molecule is COc1ccc(NCC(=O)NN/C(=C/CC(=O)[O-])c2cccs2)cc1. The van der Waals surface area contributed by atoms with E-state index in [1.54, 1.807) is 31.4 Å². The first kappa shape index (κ1) is 18.3. The molecular formula is C17H18N3O4S-. The Labute approximate surface area is 149 Å². The lowest BCUT2D eigenvalue weighted by molar-refractivity contribution is -0.304. The molecule has 0 aliphatic heterocycles. The Morgan fingerprint density at radius 1 is 1.20 bits per heavy atom. The van der Waals surface area contributed by atoms with E-state index in [-0.39, 0.29) is 18.9 Å². The third kappa shape index (κ3) is 6.19. The van der Waals surface area contributed by atoms with E-state index in [1.165, 1.54) is 17.4 Å². The Morgan fingerprint density at radius 2 is 1.96 bits per heavy atom. The lowest BCUT2D eigenvalue weighted by Crippen LogP contribution is -2.39. The molecule has 0 aliphatic carbocycles. The Morgan fingerprint density at radius 3 is 2.56 bits per heavy atom. The Kier molecular flexibility index (Phi) is 6.85. The summed E-state index contributed by atoms with van der Waals surface area (Å²) in [4.78, 5) is 23.4. The van der Waals surface area contributed by atoms with E-state index >= 15 is 0 Å². The van der Waals surface area contributed by atoms with Gasteiger partial charge in [0, 0.05) is 18.1 Å². The third-order valence-electron chi connectivity index (χ3n) is 3.14. The molecule has 0 saturated carbocycles. The summed E-state index contributed by atoms with van der Waals surface area (Å²) in [5.74, 6) is -0.759. The third-order valence-corrected chi connectivity index (χ3v) is 4.04. The van der Waals surface area contributed by atoms with Crippen LogP contribution in [0.25, 0.3) is 5.70 Å². The van der Waals surface area contributed by atoms with Gasteiger partial charge in [0.25, 0.3) is 5.91 Å². The number of hydrogen-bond acceptors (Lipinski definition) is 7. The van der Waals surface area contributed by atoms with Crippen LogP contribution in [0.5, 0.6) is 5.75 Å². The molecule has 0 aliphatic rings. The smallest absolute Gasteiger partial charge is 0.257 e. The molecule has 25 heavy (non-hydrogen) atoms. The highest BCUT2D eigenvalue weighted by Crippen LogP contribution is 2.17. The van der Waals surface area contributed by atoms with E-state index < -0.39 is 5.97 Å². The standard InChI is InChI=1S/C17H19N3O4S/c1-24-13-6-4-12(5-7-13)18-11-16(21)20-19-14(8-9-17(22)23)15-3-2-10-25-15/h2-8,10,18-19H,9,11H2,1H3,(H,20,21)(H,22,23)/p-1/b14-8+. The van der Waals surface area contributed by atoms with Gasteiger partial charge in [-0.3, -0.25) is 15.6 Å². The molecule has 8 heteroatoms. The zero-order chi connectivity index (χ0) is 18.1. The molecule has 132 valence electrons. The molecule has 0 saturated heterocycles. The number of thiophene rings is 1. The lowest BCUT2D eigenvalue weighted by atomic mass is 10.3. The Balaban J connectivity index is 1.85. The van der Waals surface area contributed by atoms with Gasteiger partial charge in [-0.05, 0) is 35.7 Å². The van der Waals surface area contributed by atoms with Crippen LogP contribution in [0.1, 0.15) is 11.3 Å². The number of carbonyl (C=O) groups excluding carboxylic acids is 2. The van der Waals surface area contributed by atoms with E-state index in [1.807, 2.05) is 17.5 Å². The quantitative estimate of drug-likeness (QED) is 0.576. The molecule has 0 atom stereocenters. The maximum absolute atomic E-state index is 11.9. The van der Waals surface area contributed by atoms with E-state index in [9.17, 15) is 14.7 Å². The molecular weight excluding hydrogens is 342 g/mol. The average molecular weight is 360 g/mol. The molecule has 1 heterocycles. The van der Waals surface area contributed by atoms with E-state index in [4.69, 9.17) is 4.74 Å². The van der Waals surface area contributed by atoms with Gasteiger partial charge in [0.1, 0.15) is 5.75 Å². The van der Waals surface area contributed by atoms with Crippen LogP contribution in [-0.2, 0) is 9.59 Å². The fourth-order valence-electron chi connectivity index (χ4n) is 1.90. The molecule has 1 amide bonds. The molecule has 1 aromatic carbocycles. The van der Waals surface area contributed by atoms with Crippen molar-refractivity contribution in [1.29, 1.82) is 0 Å². The fourth-order valence-corrected chi connectivity index (χ4v) is 2.63. The lowest BCUT2D eigenvalue weighted by Gasteiger charge is -2.12. The highest BCUT2D eigenvalue weighted by molar-refractivity contribution is 7.11. The number of aliphatic carboxylic acids is 1. The molecule has 7 nitrogen and oxygen atoms in total. The topological polar surface area (TPSA) is 103 Å². The first-order chi connectivity index (χ1) is 12.1. The number of carbonyl (C=O) groups is 2. The van der Waals surface area contributed by atoms with Crippen LogP contribution in [0.15, 0.2) is 47.9 Å². The van der Waals surface area contributed by atoms with Gasteiger partial charge in [0.15, 0.2) is 0 Å². The molecule has 0 spiro atoms. The first-order valence-corrected chi connectivity index (χ1v) is 8.33. The molecule has 2 aromatic rings. The molecule has 1 aromatic heterocycles. The van der Waals surface area contributed by atoms with Crippen molar-refractivity contribution < 1.29 is 19.4 Å². The number of rotatable bonds is 9. The predicted molar refractivity (Wildman–Crippen MR) is 94.7 cm³/mol. The number of anilines is 1. The van der Waals surface area contributed by atoms with Gasteiger partial charge in [0.05, 0.1) is 24.2 Å². The molecule has 0 radical (unpaired) electrons. The van der Waals surface area contributed by atoms with E-state index in [2.05, 4.69) is 16.2 Å². The second kappa shape index (κ2) is 9.33. The summed E-state index contributed by atoms with van der Waals surface area (Å²) in [6.45, 7) is 0.0531. The van der Waals surface area contributed by atoms with Gasteiger partial charge >= 0.3 is 0 Å². The fraction of sp³-hybridized carbons (Fsp3) is 0.176. The monoisotopic (exact) mass is 360 g/mol. The van der Waals surface area contributed by atoms with Crippen molar-refractivity contribution in [2.24, 2.45) is 0 Å². The van der Waals surface area contributed by atoms with Crippen molar-refractivity contribution in [1.82, 2.24) is 10.9 Å². The normalized spacial score (nSPS) is 10.8. The minimum atomic E-state index is -1.19. The number of hydrazine groups is 1. The van der Waals surface area contributed by atoms with Gasteiger partial charge in [-0.25, -0.2) is 0 Å². The minimum absolute atomic E-state index is 0.0531. The van der Waals surface area contributed by atoms with Crippen LogP contribution >= 0.6 is 11.3 Å². The summed E-state index contributed by atoms with van der Waals surface area (Å²) in [6, 6.07) is 10.8. The molecule has 3 N–H and O–H groups in total. The molecule has 0 fully saturated rings. The van der Waals surface area contributed by atoms with Gasteiger partial charge in [-0.15, -0.1) is 11.3 Å². The maximum atomic E-state index is 11.9. The summed E-state index contributed by atoms with van der Waals surface area (Å²) in [6.07, 6.45) is 1.21. The Hall–Kier alpha value is -3.00. The van der Waals surface area contributed by atoms with Crippen LogP contribution in [0.3, 0.4) is 0 Å². The Bertz CT molecular complexity index is 727. The largest absolute Gasteiger partial charge is 0.550 e. The number of carboxylic acid groups (broad SMARTS) is 1. The number of hydrogen-bond donors (Lipinski definition) is 3. The number of ether oxygens (including phenoxy) is 1. The number of nitrogens with one attached hydrogen (secondary N) is 3. The number of benzene rings is 1. The highest BCUT2D eigenvalue weighted by atomic mass is 32.1. The van der Waals surface area contributed by atoms with Crippen molar-refractivity contribution in [2.75, 3.05) is 19.0 Å². The second-order valence-electron chi connectivity index (χ2n) is 4.93. The van der Waals surface area contributed by atoms with E-state index in [0.717, 1.165) is 16.3 Å². The number of methoxy groups -OCH3 is 1. The molecule has 0 bridgehead atoms. The van der Waals surface area contributed by atoms with Crippen LogP contribution in [0.2, 0.25) is 0 Å². The zero-order valence-corrected chi connectivity index (χ0v) is 14.4. The zero-order valence-electron chi connectivity index (χ0n) is 13.6. The average Bonchev–Trinajstić information content (AvgIpc) is 3.14. The number of carboxylic acids is 1. The van der Waals surface area contributed by atoms with Gasteiger partial charge < -0.3 is 20.0 Å². The first-order valence-electron chi connectivity index (χ1n) is 7.45. The molecule has 0 unspecified atom stereocenters. The minimum Gasteiger partial charge on any atom is -0.550 e. The van der Waals surface area contributed by atoms with Crippen molar-refractivity contribution in [2.45, 2.75) is 6.42 Å². The van der Waals surface area contributed by atoms with Gasteiger partial charge in [-0.1, -0.05) is 12.1 Å². The van der Waals surface area contributed by atoms with Crippen LogP contribution in [0.4, 0.5) is 5.69 Å². The van der Waals surface area contributed by atoms with Crippen LogP contribution in [-0.4, -0.2) is 25.5 Å². The van der Waals surface area contributed by atoms with Crippen molar-refractivity contribution in [3.05, 3.63) is 52.7 Å². The van der Waals surface area contributed by atoms with E-state index in [0.29, 0.717) is 5.70 Å². The van der Waals surface area contributed by atoms with Crippen LogP contribution in [0, 0.1) is 0 Å².